The van der Waals surface area contributed by atoms with Gasteiger partial charge in [-0.25, -0.2) is 0 Å². The molecular formula is C28H30N4O4S. The van der Waals surface area contributed by atoms with Gasteiger partial charge in [0, 0.05) is 55.3 Å². The zero-order valence-electron chi connectivity index (χ0n) is 21.0. The van der Waals surface area contributed by atoms with E-state index in [0.29, 0.717) is 31.7 Å². The van der Waals surface area contributed by atoms with Gasteiger partial charge in [-0.05, 0) is 60.5 Å². The van der Waals surface area contributed by atoms with E-state index in [2.05, 4.69) is 41.5 Å². The minimum absolute atomic E-state index is 0.0418. The molecule has 0 bridgehead atoms. The van der Waals surface area contributed by atoms with Crippen LogP contribution in [0.25, 0.3) is 0 Å². The molecule has 3 aromatic rings. The Morgan fingerprint density at radius 3 is 2.30 bits per heavy atom. The fourth-order valence-corrected chi connectivity index (χ4v) is 6.34. The Balaban J connectivity index is 1.27. The van der Waals surface area contributed by atoms with Crippen molar-refractivity contribution in [3.63, 3.8) is 0 Å². The van der Waals surface area contributed by atoms with Gasteiger partial charge in [0.05, 0.1) is 17.0 Å². The molecule has 9 heteroatoms. The number of hydrogen-bond donors (Lipinski definition) is 0. The highest BCUT2D eigenvalue weighted by Gasteiger charge is 2.38. The summed E-state index contributed by atoms with van der Waals surface area (Å²) >= 11 is 1.79. The van der Waals surface area contributed by atoms with E-state index in [9.17, 15) is 19.7 Å². The SMILES string of the molecule is Cc1ccccc1[C@H]1c2ccsc2CCN1[C@@H](C)C(=O)N1CCN(C(=O)c2ccc([N+](=O)[O-])cc2)CC1. The third-order valence-electron chi connectivity index (χ3n) is 7.54. The summed E-state index contributed by atoms with van der Waals surface area (Å²) in [5.41, 5.74) is 4.12. The van der Waals surface area contributed by atoms with Crippen molar-refractivity contribution in [2.24, 2.45) is 0 Å². The number of amides is 2. The maximum absolute atomic E-state index is 13.7. The molecule has 0 saturated carbocycles. The molecule has 0 radical (unpaired) electrons. The molecule has 1 aromatic heterocycles. The molecule has 0 aliphatic carbocycles. The van der Waals surface area contributed by atoms with Crippen molar-refractivity contribution in [3.05, 3.63) is 97.2 Å². The third-order valence-corrected chi connectivity index (χ3v) is 8.54. The summed E-state index contributed by atoms with van der Waals surface area (Å²) in [5.74, 6) is -0.0876. The smallest absolute Gasteiger partial charge is 0.269 e. The van der Waals surface area contributed by atoms with Crippen LogP contribution in [0.1, 0.15) is 44.9 Å². The predicted octanol–water partition coefficient (Wildman–Crippen LogP) is 4.29. The summed E-state index contributed by atoms with van der Waals surface area (Å²) in [6.45, 7) is 6.75. The average Bonchev–Trinajstić information content (AvgIpc) is 3.41. The highest BCUT2D eigenvalue weighted by Crippen LogP contribution is 2.40. The van der Waals surface area contributed by atoms with Crippen LogP contribution in [-0.2, 0) is 11.2 Å². The molecule has 1 saturated heterocycles. The zero-order chi connectivity index (χ0) is 26.1. The van der Waals surface area contributed by atoms with Gasteiger partial charge < -0.3 is 9.80 Å². The Morgan fingerprint density at radius 2 is 1.62 bits per heavy atom. The Kier molecular flexibility index (Phi) is 7.08. The van der Waals surface area contributed by atoms with E-state index < -0.39 is 4.92 Å². The molecule has 1 fully saturated rings. The number of nitro groups is 1. The molecule has 5 rings (SSSR count). The van der Waals surface area contributed by atoms with Crippen LogP contribution in [0.4, 0.5) is 5.69 Å². The fourth-order valence-electron chi connectivity index (χ4n) is 5.44. The van der Waals surface area contributed by atoms with E-state index in [1.54, 1.807) is 16.2 Å². The Hall–Kier alpha value is -3.56. The highest BCUT2D eigenvalue weighted by molar-refractivity contribution is 7.10. The summed E-state index contributed by atoms with van der Waals surface area (Å²) in [7, 11) is 0. The summed E-state index contributed by atoms with van der Waals surface area (Å²) < 4.78 is 0. The second-order valence-corrected chi connectivity index (χ2v) is 10.6. The normalized spacial score (nSPS) is 18.8. The van der Waals surface area contributed by atoms with Crippen LogP contribution < -0.4 is 0 Å². The van der Waals surface area contributed by atoms with Gasteiger partial charge in [-0.3, -0.25) is 24.6 Å². The van der Waals surface area contributed by atoms with E-state index in [1.165, 1.54) is 45.8 Å². The Morgan fingerprint density at radius 1 is 0.946 bits per heavy atom. The molecule has 2 aromatic carbocycles. The van der Waals surface area contributed by atoms with E-state index in [-0.39, 0.29) is 29.6 Å². The summed E-state index contributed by atoms with van der Waals surface area (Å²) in [6, 6.07) is 16.0. The van der Waals surface area contributed by atoms with Crippen LogP contribution in [0.2, 0.25) is 0 Å². The standard InChI is InChI=1S/C28H30N4O4S/c1-19-5-3-4-6-23(19)26-24-12-18-37-25(24)11-13-31(26)20(2)27(33)29-14-16-30(17-15-29)28(34)21-7-9-22(10-8-21)32(35)36/h3-10,12,18,20,26H,11,13-17H2,1-2H3/t20-,26-/m0/s1. The van der Waals surface area contributed by atoms with Crippen LogP contribution >= 0.6 is 11.3 Å². The predicted molar refractivity (Wildman–Crippen MR) is 143 cm³/mol. The van der Waals surface area contributed by atoms with Gasteiger partial charge in [-0.2, -0.15) is 0 Å². The first-order valence-corrected chi connectivity index (χ1v) is 13.4. The Labute approximate surface area is 220 Å². The first kappa shape index (κ1) is 25.1. The number of non-ortho nitro benzene ring substituents is 1. The minimum Gasteiger partial charge on any atom is -0.338 e. The van der Waals surface area contributed by atoms with Crippen molar-refractivity contribution in [1.29, 1.82) is 0 Å². The first-order valence-electron chi connectivity index (χ1n) is 12.5. The number of hydrogen-bond acceptors (Lipinski definition) is 6. The van der Waals surface area contributed by atoms with Crippen LogP contribution in [0.15, 0.2) is 60.0 Å². The maximum Gasteiger partial charge on any atom is 0.269 e. The van der Waals surface area contributed by atoms with Crippen molar-refractivity contribution < 1.29 is 14.5 Å². The average molecular weight is 519 g/mol. The number of fused-ring (bicyclic) bond motifs is 1. The lowest BCUT2D eigenvalue weighted by Crippen LogP contribution is -2.56. The van der Waals surface area contributed by atoms with Crippen molar-refractivity contribution in [2.75, 3.05) is 32.7 Å². The van der Waals surface area contributed by atoms with E-state index in [1.807, 2.05) is 17.9 Å². The number of thiophene rings is 1. The number of nitrogens with zero attached hydrogens (tertiary/aromatic N) is 4. The lowest BCUT2D eigenvalue weighted by molar-refractivity contribution is -0.384. The highest BCUT2D eigenvalue weighted by atomic mass is 32.1. The molecule has 192 valence electrons. The lowest BCUT2D eigenvalue weighted by atomic mass is 9.89. The van der Waals surface area contributed by atoms with Crippen molar-refractivity contribution in [3.8, 4) is 0 Å². The number of piperazine rings is 1. The third kappa shape index (κ3) is 4.89. The van der Waals surface area contributed by atoms with Gasteiger partial charge >= 0.3 is 0 Å². The molecule has 2 atom stereocenters. The van der Waals surface area contributed by atoms with Gasteiger partial charge in [0.1, 0.15) is 0 Å². The quantitative estimate of drug-likeness (QED) is 0.372. The van der Waals surface area contributed by atoms with Gasteiger partial charge in [-0.15, -0.1) is 11.3 Å². The van der Waals surface area contributed by atoms with E-state index in [0.717, 1.165) is 13.0 Å². The molecule has 0 N–H and O–H groups in total. The number of aryl methyl sites for hydroxylation is 1. The van der Waals surface area contributed by atoms with Crippen LogP contribution in [0, 0.1) is 17.0 Å². The van der Waals surface area contributed by atoms with Crippen molar-refractivity contribution >= 4 is 28.8 Å². The fraction of sp³-hybridized carbons (Fsp3) is 0.357. The zero-order valence-corrected chi connectivity index (χ0v) is 21.8. The molecule has 2 amide bonds. The number of carbonyl (C=O) groups excluding carboxylic acids is 2. The molecule has 0 unspecified atom stereocenters. The second kappa shape index (κ2) is 10.4. The number of benzene rings is 2. The van der Waals surface area contributed by atoms with E-state index >= 15 is 0 Å². The molecule has 37 heavy (non-hydrogen) atoms. The summed E-state index contributed by atoms with van der Waals surface area (Å²) in [5, 5.41) is 13.0. The molecule has 3 heterocycles. The molecular weight excluding hydrogens is 488 g/mol. The molecule has 0 spiro atoms. The molecule has 2 aliphatic rings. The minimum atomic E-state index is -0.481. The van der Waals surface area contributed by atoms with E-state index in [4.69, 9.17) is 0 Å². The van der Waals surface area contributed by atoms with Gasteiger partial charge in [0.2, 0.25) is 5.91 Å². The lowest BCUT2D eigenvalue weighted by Gasteiger charge is -2.43. The van der Waals surface area contributed by atoms with Crippen LogP contribution in [0.5, 0.6) is 0 Å². The van der Waals surface area contributed by atoms with Gasteiger partial charge in [-0.1, -0.05) is 24.3 Å². The largest absolute Gasteiger partial charge is 0.338 e. The first-order chi connectivity index (χ1) is 17.8. The molecule has 2 aliphatic heterocycles. The Bertz CT molecular complexity index is 1310. The van der Waals surface area contributed by atoms with Crippen molar-refractivity contribution in [1.82, 2.24) is 14.7 Å². The molecule has 8 nitrogen and oxygen atoms in total. The van der Waals surface area contributed by atoms with Crippen LogP contribution in [0.3, 0.4) is 0 Å². The summed E-state index contributed by atoms with van der Waals surface area (Å²) in [6.07, 6.45) is 0.935. The number of rotatable bonds is 5. The van der Waals surface area contributed by atoms with Crippen molar-refractivity contribution in [2.45, 2.75) is 32.4 Å². The van der Waals surface area contributed by atoms with Gasteiger partial charge in [0.25, 0.3) is 11.6 Å². The second-order valence-electron chi connectivity index (χ2n) is 9.64. The van der Waals surface area contributed by atoms with Crippen LogP contribution in [-0.4, -0.2) is 70.2 Å². The maximum atomic E-state index is 13.7. The number of nitro benzene ring substituents is 1. The topological polar surface area (TPSA) is 87.0 Å². The monoisotopic (exact) mass is 518 g/mol. The number of carbonyl (C=O) groups is 2. The summed E-state index contributed by atoms with van der Waals surface area (Å²) in [4.78, 5) is 44.3. The van der Waals surface area contributed by atoms with Gasteiger partial charge in [0.15, 0.2) is 0 Å².